The van der Waals surface area contributed by atoms with Gasteiger partial charge in [0.05, 0.1) is 6.54 Å². The predicted molar refractivity (Wildman–Crippen MR) is 115 cm³/mol. The van der Waals surface area contributed by atoms with E-state index >= 15 is 0 Å². The maximum Gasteiger partial charge on any atom is 0.258 e. The van der Waals surface area contributed by atoms with Crippen LogP contribution in [0.4, 0.5) is 5.69 Å². The minimum atomic E-state index is -0.218. The fourth-order valence-electron chi connectivity index (χ4n) is 3.74. The number of rotatable bonds is 5. The molecule has 0 bridgehead atoms. The van der Waals surface area contributed by atoms with Gasteiger partial charge in [-0.05, 0) is 31.2 Å². The highest BCUT2D eigenvalue weighted by molar-refractivity contribution is 5.98. The summed E-state index contributed by atoms with van der Waals surface area (Å²) >= 11 is 0. The Morgan fingerprint density at radius 3 is 2.39 bits per heavy atom. The van der Waals surface area contributed by atoms with Crippen molar-refractivity contribution in [3.8, 4) is 12.0 Å². The second-order valence-corrected chi connectivity index (χ2v) is 7.40. The smallest absolute Gasteiger partial charge is 0.258 e. The molecule has 2 amide bonds. The van der Waals surface area contributed by atoms with Crippen LogP contribution in [0.25, 0.3) is 5.88 Å². The fourth-order valence-corrected chi connectivity index (χ4v) is 3.74. The largest absolute Gasteiger partial charge is 0.443 e. The normalized spacial score (nSPS) is 14.3. The molecule has 8 heteroatoms. The number of nitriles is 1. The average molecular weight is 417 g/mol. The Balaban J connectivity index is 1.39. The molecule has 4 rings (SSSR count). The lowest BCUT2D eigenvalue weighted by molar-refractivity contribution is -0.117. The third kappa shape index (κ3) is 4.37. The molecular weight excluding hydrogens is 394 g/mol. The topological polar surface area (TPSA) is 94.5 Å². The number of furan rings is 1. The van der Waals surface area contributed by atoms with Gasteiger partial charge in [-0.25, -0.2) is 0 Å². The summed E-state index contributed by atoms with van der Waals surface area (Å²) in [5.41, 5.74) is 1.31. The Morgan fingerprint density at radius 1 is 1.06 bits per heavy atom. The lowest BCUT2D eigenvalue weighted by Crippen LogP contribution is -2.50. The number of piperazine rings is 1. The molecule has 0 unspecified atom stereocenters. The van der Waals surface area contributed by atoms with Gasteiger partial charge in [-0.3, -0.25) is 19.1 Å². The Bertz CT molecular complexity index is 1100. The summed E-state index contributed by atoms with van der Waals surface area (Å²) in [5.74, 6) is 0.476. The van der Waals surface area contributed by atoms with Crippen molar-refractivity contribution in [2.24, 2.45) is 0 Å². The highest BCUT2D eigenvalue weighted by atomic mass is 16.4. The first kappa shape index (κ1) is 20.4. The number of nitrogens with zero attached hydrogens (tertiary/aromatic N) is 4. The number of para-hydroxylation sites is 1. The molecule has 1 saturated heterocycles. The first-order valence-electron chi connectivity index (χ1n) is 10.1. The SMILES string of the molecule is Cc1oc(-n2cccc2)c(C#N)c1C(=O)N1CCN(CC(=O)Nc2ccccc2)CC1. The van der Waals surface area contributed by atoms with Crippen molar-refractivity contribution in [3.63, 3.8) is 0 Å². The monoisotopic (exact) mass is 417 g/mol. The molecule has 0 saturated carbocycles. The van der Waals surface area contributed by atoms with Gasteiger partial charge in [0.15, 0.2) is 0 Å². The quantitative estimate of drug-likeness (QED) is 0.689. The van der Waals surface area contributed by atoms with E-state index in [0.29, 0.717) is 43.4 Å². The zero-order valence-corrected chi connectivity index (χ0v) is 17.2. The van der Waals surface area contributed by atoms with E-state index < -0.39 is 0 Å². The second kappa shape index (κ2) is 8.90. The van der Waals surface area contributed by atoms with Gasteiger partial charge in [0.25, 0.3) is 5.91 Å². The highest BCUT2D eigenvalue weighted by Gasteiger charge is 2.30. The zero-order valence-electron chi connectivity index (χ0n) is 17.2. The highest BCUT2D eigenvalue weighted by Crippen LogP contribution is 2.27. The molecular formula is C23H23N5O3. The Hall–Kier alpha value is -3.83. The van der Waals surface area contributed by atoms with Crippen molar-refractivity contribution in [1.82, 2.24) is 14.4 Å². The van der Waals surface area contributed by atoms with Crippen LogP contribution in [0.2, 0.25) is 0 Å². The Kier molecular flexibility index (Phi) is 5.87. The molecule has 0 spiro atoms. The summed E-state index contributed by atoms with van der Waals surface area (Å²) < 4.78 is 7.44. The number of amides is 2. The number of anilines is 1. The minimum absolute atomic E-state index is 0.0835. The first-order chi connectivity index (χ1) is 15.1. The lowest BCUT2D eigenvalue weighted by Gasteiger charge is -2.34. The predicted octanol–water partition coefficient (Wildman–Crippen LogP) is 2.65. The van der Waals surface area contributed by atoms with E-state index in [4.69, 9.17) is 4.42 Å². The third-order valence-electron chi connectivity index (χ3n) is 5.31. The summed E-state index contributed by atoms with van der Waals surface area (Å²) in [6.45, 7) is 4.08. The van der Waals surface area contributed by atoms with Gasteiger partial charge >= 0.3 is 0 Å². The van der Waals surface area contributed by atoms with Crippen LogP contribution in [-0.2, 0) is 4.79 Å². The second-order valence-electron chi connectivity index (χ2n) is 7.40. The first-order valence-corrected chi connectivity index (χ1v) is 10.1. The average Bonchev–Trinajstić information content (AvgIpc) is 3.42. The lowest BCUT2D eigenvalue weighted by atomic mass is 10.1. The summed E-state index contributed by atoms with van der Waals surface area (Å²) in [6.07, 6.45) is 3.54. The van der Waals surface area contributed by atoms with Crippen molar-refractivity contribution in [2.75, 3.05) is 38.0 Å². The van der Waals surface area contributed by atoms with Gasteiger partial charge in [-0.1, -0.05) is 18.2 Å². The number of hydrogen-bond acceptors (Lipinski definition) is 5. The zero-order chi connectivity index (χ0) is 21.8. The van der Waals surface area contributed by atoms with E-state index in [0.717, 1.165) is 5.69 Å². The molecule has 3 heterocycles. The van der Waals surface area contributed by atoms with Crippen molar-refractivity contribution in [1.29, 1.82) is 5.26 Å². The molecule has 8 nitrogen and oxygen atoms in total. The number of aromatic nitrogens is 1. The van der Waals surface area contributed by atoms with Crippen LogP contribution in [0, 0.1) is 18.3 Å². The molecule has 1 N–H and O–H groups in total. The summed E-state index contributed by atoms with van der Waals surface area (Å²) in [6, 6.07) is 15.1. The Labute approximate surface area is 180 Å². The van der Waals surface area contributed by atoms with Gasteiger partial charge in [0.1, 0.15) is 23.0 Å². The van der Waals surface area contributed by atoms with Crippen LogP contribution in [-0.4, -0.2) is 58.9 Å². The molecule has 0 aliphatic carbocycles. The van der Waals surface area contributed by atoms with Crippen LogP contribution in [0.1, 0.15) is 21.7 Å². The molecule has 158 valence electrons. The van der Waals surface area contributed by atoms with Crippen molar-refractivity contribution in [3.05, 3.63) is 71.7 Å². The number of carbonyl (C=O) groups excluding carboxylic acids is 2. The Morgan fingerprint density at radius 2 is 1.74 bits per heavy atom. The molecule has 1 fully saturated rings. The van der Waals surface area contributed by atoms with Gasteiger partial charge < -0.3 is 14.6 Å². The van der Waals surface area contributed by atoms with E-state index in [1.165, 1.54) is 0 Å². The van der Waals surface area contributed by atoms with Crippen LogP contribution in [0.5, 0.6) is 0 Å². The fraction of sp³-hybridized carbons (Fsp3) is 0.261. The number of benzene rings is 1. The molecule has 1 aliphatic rings. The molecule has 0 atom stereocenters. The number of carbonyl (C=O) groups is 2. The maximum atomic E-state index is 13.2. The van der Waals surface area contributed by atoms with E-state index in [9.17, 15) is 14.9 Å². The molecule has 1 aromatic carbocycles. The number of aryl methyl sites for hydroxylation is 1. The van der Waals surface area contributed by atoms with Gasteiger partial charge in [-0.15, -0.1) is 0 Å². The van der Waals surface area contributed by atoms with Crippen LogP contribution in [0.15, 0.2) is 59.3 Å². The molecule has 3 aromatic rings. The third-order valence-corrected chi connectivity index (χ3v) is 5.31. The number of nitrogens with one attached hydrogen (secondary N) is 1. The number of hydrogen-bond donors (Lipinski definition) is 1. The van der Waals surface area contributed by atoms with E-state index in [-0.39, 0.29) is 23.9 Å². The molecule has 0 radical (unpaired) electrons. The van der Waals surface area contributed by atoms with Gasteiger partial charge in [0, 0.05) is 44.3 Å². The van der Waals surface area contributed by atoms with Crippen LogP contribution < -0.4 is 5.32 Å². The van der Waals surface area contributed by atoms with Crippen molar-refractivity contribution < 1.29 is 14.0 Å². The summed E-state index contributed by atoms with van der Waals surface area (Å²) in [5, 5.41) is 12.5. The van der Waals surface area contributed by atoms with Crippen molar-refractivity contribution in [2.45, 2.75) is 6.92 Å². The standard InChI is InChI=1S/C23H23N5O3/c1-17-21(19(15-24)23(31-17)28-9-5-6-10-28)22(30)27-13-11-26(12-14-27)16-20(29)25-18-7-3-2-4-8-18/h2-10H,11-14,16H2,1H3,(H,25,29). The van der Waals surface area contributed by atoms with Crippen molar-refractivity contribution >= 4 is 17.5 Å². The summed E-state index contributed by atoms with van der Waals surface area (Å²) in [4.78, 5) is 29.2. The van der Waals surface area contributed by atoms with Gasteiger partial charge in [0.2, 0.25) is 11.8 Å². The van der Waals surface area contributed by atoms with E-state index in [1.54, 1.807) is 28.8 Å². The summed E-state index contributed by atoms with van der Waals surface area (Å²) in [7, 11) is 0. The van der Waals surface area contributed by atoms with Crippen LogP contribution >= 0.6 is 0 Å². The van der Waals surface area contributed by atoms with E-state index in [2.05, 4.69) is 11.4 Å². The molecule has 2 aromatic heterocycles. The molecule has 31 heavy (non-hydrogen) atoms. The van der Waals surface area contributed by atoms with Gasteiger partial charge in [-0.2, -0.15) is 5.26 Å². The van der Waals surface area contributed by atoms with Crippen LogP contribution in [0.3, 0.4) is 0 Å². The van der Waals surface area contributed by atoms with E-state index in [1.807, 2.05) is 47.4 Å². The minimum Gasteiger partial charge on any atom is -0.443 e. The maximum absolute atomic E-state index is 13.2. The molecule has 1 aliphatic heterocycles.